The lowest BCUT2D eigenvalue weighted by molar-refractivity contribution is -0.118. The summed E-state index contributed by atoms with van der Waals surface area (Å²) in [6, 6.07) is 0. The van der Waals surface area contributed by atoms with Crippen LogP contribution in [0.4, 0.5) is 0 Å². The molecule has 1 rings (SSSR count). The Kier molecular flexibility index (Phi) is 4.22. The smallest absolute Gasteiger partial charge is 0.191 e. The lowest BCUT2D eigenvalue weighted by Crippen LogP contribution is -2.42. The van der Waals surface area contributed by atoms with E-state index in [1.54, 1.807) is 0 Å². The Morgan fingerprint density at radius 1 is 1.41 bits per heavy atom. The summed E-state index contributed by atoms with van der Waals surface area (Å²) in [7, 11) is -1.72. The summed E-state index contributed by atoms with van der Waals surface area (Å²) >= 11 is 0. The summed E-state index contributed by atoms with van der Waals surface area (Å²) in [6.45, 7) is 11.6. The highest BCUT2D eigenvalue weighted by molar-refractivity contribution is 6.74. The van der Waals surface area contributed by atoms with Crippen molar-refractivity contribution < 1.29 is 14.3 Å². The van der Waals surface area contributed by atoms with Gasteiger partial charge < -0.3 is 9.53 Å². The highest BCUT2D eigenvalue weighted by Gasteiger charge is 2.39. The van der Waals surface area contributed by atoms with E-state index in [-0.39, 0.29) is 10.8 Å². The Hall–Kier alpha value is -0.193. The molecule has 0 aromatic heterocycles. The van der Waals surface area contributed by atoms with Crippen LogP contribution in [-0.2, 0) is 9.22 Å². The van der Waals surface area contributed by atoms with E-state index in [2.05, 4.69) is 33.9 Å². The molecule has 1 atom stereocenters. The van der Waals surface area contributed by atoms with Crippen LogP contribution >= 0.6 is 0 Å². The van der Waals surface area contributed by atoms with Gasteiger partial charge in [-0.25, -0.2) is 0 Å². The average molecular weight is 258 g/mol. The summed E-state index contributed by atoms with van der Waals surface area (Å²) in [6.07, 6.45) is 2.03. The third-order valence-electron chi connectivity index (χ3n) is 4.23. The van der Waals surface area contributed by atoms with Crippen molar-refractivity contribution in [2.24, 2.45) is 0 Å². The zero-order valence-electron chi connectivity index (χ0n) is 11.8. The van der Waals surface area contributed by atoms with Gasteiger partial charge in [-0.15, -0.1) is 0 Å². The molecule has 0 bridgehead atoms. The fraction of sp³-hybridized carbons (Fsp3) is 0.923. The molecule has 3 nitrogen and oxygen atoms in total. The van der Waals surface area contributed by atoms with Crippen LogP contribution in [-0.4, -0.2) is 31.4 Å². The van der Waals surface area contributed by atoms with E-state index in [9.17, 15) is 9.90 Å². The molecule has 0 heterocycles. The molecule has 0 unspecified atom stereocenters. The molecule has 0 aromatic rings. The van der Waals surface area contributed by atoms with Gasteiger partial charge in [-0.2, -0.15) is 0 Å². The first-order valence-electron chi connectivity index (χ1n) is 6.44. The highest BCUT2D eigenvalue weighted by Crippen LogP contribution is 2.37. The van der Waals surface area contributed by atoms with E-state index >= 15 is 0 Å². The van der Waals surface area contributed by atoms with Crippen LogP contribution in [0.3, 0.4) is 0 Å². The van der Waals surface area contributed by atoms with Crippen molar-refractivity contribution in [2.45, 2.75) is 70.2 Å². The van der Waals surface area contributed by atoms with Crippen molar-refractivity contribution in [2.75, 3.05) is 6.61 Å². The van der Waals surface area contributed by atoms with Gasteiger partial charge >= 0.3 is 0 Å². The molecule has 1 saturated carbocycles. The van der Waals surface area contributed by atoms with E-state index in [1.807, 2.05) is 0 Å². The van der Waals surface area contributed by atoms with Gasteiger partial charge in [0.05, 0.1) is 5.60 Å². The largest absolute Gasteiger partial charge is 0.417 e. The van der Waals surface area contributed by atoms with Gasteiger partial charge in [0.1, 0.15) is 5.78 Å². The van der Waals surface area contributed by atoms with Gasteiger partial charge in [-0.3, -0.25) is 4.79 Å². The van der Waals surface area contributed by atoms with Crippen LogP contribution in [0, 0.1) is 0 Å². The summed E-state index contributed by atoms with van der Waals surface area (Å²) in [5, 5.41) is 10.4. The number of rotatable bonds is 4. The predicted molar refractivity (Wildman–Crippen MR) is 71.6 cm³/mol. The fourth-order valence-corrected chi connectivity index (χ4v) is 2.89. The second-order valence-electron chi connectivity index (χ2n) is 6.80. The predicted octanol–water partition coefficient (Wildman–Crippen LogP) is 2.88. The molecule has 0 aromatic carbocycles. The zero-order valence-corrected chi connectivity index (χ0v) is 12.8. The Bertz CT molecular complexity index is 294. The van der Waals surface area contributed by atoms with Crippen LogP contribution < -0.4 is 0 Å². The highest BCUT2D eigenvalue weighted by atomic mass is 28.4. The van der Waals surface area contributed by atoms with Gasteiger partial charge in [-0.05, 0) is 31.0 Å². The summed E-state index contributed by atoms with van der Waals surface area (Å²) < 4.78 is 6.02. The molecule has 1 aliphatic rings. The van der Waals surface area contributed by atoms with Gasteiger partial charge in [0.25, 0.3) is 0 Å². The summed E-state index contributed by atoms with van der Waals surface area (Å²) in [4.78, 5) is 11.2. The minimum absolute atomic E-state index is 0.180. The fourth-order valence-electron chi connectivity index (χ4n) is 1.84. The molecular weight excluding hydrogens is 232 g/mol. The molecule has 1 fully saturated rings. The van der Waals surface area contributed by atoms with Crippen molar-refractivity contribution in [3.8, 4) is 0 Å². The number of hydrogen-bond donors (Lipinski definition) is 1. The first-order chi connectivity index (χ1) is 7.56. The normalized spacial score (nSPS) is 26.6. The minimum atomic E-state index is -1.72. The monoisotopic (exact) mass is 258 g/mol. The molecule has 0 saturated heterocycles. The molecule has 0 amide bonds. The van der Waals surface area contributed by atoms with Crippen LogP contribution in [0.25, 0.3) is 0 Å². The maximum absolute atomic E-state index is 11.2. The van der Waals surface area contributed by atoms with E-state index < -0.39 is 13.9 Å². The quantitative estimate of drug-likeness (QED) is 0.789. The SMILES string of the molecule is CC(C)(C)[Si](C)(C)OCC[C@]1(O)CCC(=O)C1. The third-order valence-corrected chi connectivity index (χ3v) is 8.77. The Labute approximate surface area is 106 Å². The average Bonchev–Trinajstić information content (AvgIpc) is 2.44. The van der Waals surface area contributed by atoms with Crippen LogP contribution in [0.2, 0.25) is 18.1 Å². The molecule has 100 valence electrons. The van der Waals surface area contributed by atoms with E-state index in [4.69, 9.17) is 4.43 Å². The van der Waals surface area contributed by atoms with Crippen molar-refractivity contribution in [3.05, 3.63) is 0 Å². The summed E-state index contributed by atoms with van der Waals surface area (Å²) in [5.74, 6) is 0.180. The maximum atomic E-state index is 11.2. The maximum Gasteiger partial charge on any atom is 0.191 e. The Morgan fingerprint density at radius 2 is 2.00 bits per heavy atom. The van der Waals surface area contributed by atoms with Crippen molar-refractivity contribution in [1.82, 2.24) is 0 Å². The van der Waals surface area contributed by atoms with Crippen LogP contribution in [0.1, 0.15) is 46.5 Å². The van der Waals surface area contributed by atoms with Gasteiger partial charge in [0, 0.05) is 19.4 Å². The molecule has 0 aliphatic heterocycles. The third kappa shape index (κ3) is 3.90. The zero-order chi connectivity index (χ0) is 13.3. The second-order valence-corrected chi connectivity index (χ2v) is 11.6. The molecule has 17 heavy (non-hydrogen) atoms. The Balaban J connectivity index is 2.40. The van der Waals surface area contributed by atoms with Crippen molar-refractivity contribution >= 4 is 14.1 Å². The van der Waals surface area contributed by atoms with Gasteiger partial charge in [-0.1, -0.05) is 20.8 Å². The second kappa shape index (κ2) is 4.82. The number of Topliss-reactive ketones (excluding diaryl/α,β-unsaturated/α-hetero) is 1. The van der Waals surface area contributed by atoms with Crippen molar-refractivity contribution in [1.29, 1.82) is 0 Å². The minimum Gasteiger partial charge on any atom is -0.417 e. The van der Waals surface area contributed by atoms with Crippen molar-refractivity contribution in [3.63, 3.8) is 0 Å². The van der Waals surface area contributed by atoms with E-state index in [0.29, 0.717) is 32.3 Å². The number of aliphatic hydroxyl groups is 1. The standard InChI is InChI=1S/C13H26O3Si/c1-12(2,3)17(4,5)16-9-8-13(15)7-6-11(14)10-13/h15H,6-10H2,1-5H3/t13-/m1/s1. The molecule has 0 spiro atoms. The first kappa shape index (κ1) is 14.9. The van der Waals surface area contributed by atoms with Crippen LogP contribution in [0.5, 0.6) is 0 Å². The van der Waals surface area contributed by atoms with Crippen LogP contribution in [0.15, 0.2) is 0 Å². The number of carbonyl (C=O) groups is 1. The molecule has 4 heteroatoms. The molecular formula is C13H26O3Si. The first-order valence-corrected chi connectivity index (χ1v) is 9.35. The van der Waals surface area contributed by atoms with Gasteiger partial charge in [0.15, 0.2) is 8.32 Å². The number of carbonyl (C=O) groups excluding carboxylic acids is 1. The molecule has 1 aliphatic carbocycles. The summed E-state index contributed by atoms with van der Waals surface area (Å²) in [5.41, 5.74) is -0.792. The van der Waals surface area contributed by atoms with Gasteiger partial charge in [0.2, 0.25) is 0 Å². The molecule has 0 radical (unpaired) electrons. The number of hydrogen-bond acceptors (Lipinski definition) is 3. The Morgan fingerprint density at radius 3 is 2.41 bits per heavy atom. The lowest BCUT2D eigenvalue weighted by Gasteiger charge is -2.37. The lowest BCUT2D eigenvalue weighted by atomic mass is 9.99. The number of ketones is 1. The topological polar surface area (TPSA) is 46.5 Å². The van der Waals surface area contributed by atoms with E-state index in [0.717, 1.165) is 0 Å². The molecule has 1 N–H and O–H groups in total. The van der Waals surface area contributed by atoms with E-state index in [1.165, 1.54) is 0 Å².